The standard InChI is InChI=1S/C31H35N13O3S/c1-40-13-15-42(16-14-40)18-23-3-5-24(6-4-23)37-31(45)28-27(17-35-39-28)38-29-26-8-12-43(30(26)34-21-33-29)10-2-9-41-11-7-25(19-41)48(46,47)44-22-32-20-36-44/h3-8,11-12,17,19-22H,2,9-10,13-16,18H2,1H3,(H,35,39)(H,37,45)(H,33,34,38). The third-order valence-corrected chi connectivity index (χ3v) is 9.89. The van der Waals surface area contributed by atoms with Crippen molar-refractivity contribution in [1.82, 2.24) is 53.3 Å². The van der Waals surface area contributed by atoms with Gasteiger partial charge in [0.15, 0.2) is 0 Å². The predicted octanol–water partition coefficient (Wildman–Crippen LogP) is 2.62. The first-order chi connectivity index (χ1) is 23.3. The number of aromatic nitrogens is 9. The molecule has 1 aromatic carbocycles. The van der Waals surface area contributed by atoms with Crippen molar-refractivity contribution in [3.8, 4) is 0 Å². The number of hydrogen-bond acceptors (Lipinski definition) is 11. The van der Waals surface area contributed by atoms with Crippen LogP contribution in [-0.4, -0.2) is 101 Å². The normalized spacial score (nSPS) is 14.4. The molecule has 1 aliphatic rings. The summed E-state index contributed by atoms with van der Waals surface area (Å²) in [6, 6.07) is 11.4. The molecule has 5 aromatic heterocycles. The smallest absolute Gasteiger partial charge is 0.285 e. The molecule has 1 fully saturated rings. The molecule has 6 aromatic rings. The molecule has 0 unspecified atom stereocenters. The number of piperazine rings is 1. The van der Waals surface area contributed by atoms with E-state index in [9.17, 15) is 13.2 Å². The van der Waals surface area contributed by atoms with Crippen molar-refractivity contribution in [2.75, 3.05) is 43.9 Å². The number of aryl methyl sites for hydroxylation is 2. The Morgan fingerprint density at radius 1 is 0.979 bits per heavy atom. The highest BCUT2D eigenvalue weighted by Gasteiger charge is 2.20. The fourth-order valence-electron chi connectivity index (χ4n) is 5.68. The van der Waals surface area contributed by atoms with E-state index in [4.69, 9.17) is 0 Å². The molecule has 1 saturated heterocycles. The van der Waals surface area contributed by atoms with Crippen LogP contribution in [0.1, 0.15) is 22.5 Å². The highest BCUT2D eigenvalue weighted by atomic mass is 32.2. The lowest BCUT2D eigenvalue weighted by molar-refractivity contribution is 0.102. The molecule has 7 rings (SSSR count). The first kappa shape index (κ1) is 31.2. The maximum Gasteiger partial charge on any atom is 0.285 e. The molecule has 0 spiro atoms. The monoisotopic (exact) mass is 669 g/mol. The zero-order valence-electron chi connectivity index (χ0n) is 26.3. The van der Waals surface area contributed by atoms with Gasteiger partial charge in [-0.3, -0.25) is 14.8 Å². The van der Waals surface area contributed by atoms with Gasteiger partial charge in [0.1, 0.15) is 41.0 Å². The highest BCUT2D eigenvalue weighted by molar-refractivity contribution is 7.89. The number of nitrogens with one attached hydrogen (secondary N) is 3. The second kappa shape index (κ2) is 13.4. The largest absolute Gasteiger partial charge is 0.353 e. The number of rotatable bonds is 12. The van der Waals surface area contributed by atoms with E-state index in [1.165, 1.54) is 18.2 Å². The summed E-state index contributed by atoms with van der Waals surface area (Å²) in [5.41, 5.74) is 3.38. The van der Waals surface area contributed by atoms with Crippen molar-refractivity contribution in [3.63, 3.8) is 0 Å². The average molecular weight is 670 g/mol. The van der Waals surface area contributed by atoms with Crippen LogP contribution in [0.2, 0.25) is 0 Å². The Morgan fingerprint density at radius 3 is 2.60 bits per heavy atom. The van der Waals surface area contributed by atoms with Gasteiger partial charge in [-0.2, -0.15) is 13.5 Å². The number of fused-ring (bicyclic) bond motifs is 1. The average Bonchev–Trinajstić information content (AvgIpc) is 3.92. The molecule has 16 nitrogen and oxygen atoms in total. The summed E-state index contributed by atoms with van der Waals surface area (Å²) in [6.45, 7) is 6.35. The summed E-state index contributed by atoms with van der Waals surface area (Å²) < 4.78 is 30.0. The summed E-state index contributed by atoms with van der Waals surface area (Å²) in [5, 5.41) is 17.6. The molecule has 248 valence electrons. The van der Waals surface area contributed by atoms with Crippen LogP contribution < -0.4 is 10.6 Å². The molecule has 3 N–H and O–H groups in total. The lowest BCUT2D eigenvalue weighted by Crippen LogP contribution is -2.43. The number of benzene rings is 1. The molecule has 1 aliphatic heterocycles. The van der Waals surface area contributed by atoms with E-state index in [0.717, 1.165) is 60.6 Å². The van der Waals surface area contributed by atoms with Gasteiger partial charge in [0, 0.05) is 70.1 Å². The van der Waals surface area contributed by atoms with E-state index < -0.39 is 10.0 Å². The van der Waals surface area contributed by atoms with Crippen LogP contribution in [0, 0.1) is 0 Å². The van der Waals surface area contributed by atoms with Gasteiger partial charge in [0.25, 0.3) is 15.9 Å². The Balaban J connectivity index is 0.965. The topological polar surface area (TPSA) is 177 Å². The van der Waals surface area contributed by atoms with E-state index in [1.807, 2.05) is 45.7 Å². The number of amides is 1. The van der Waals surface area contributed by atoms with Gasteiger partial charge in [-0.15, -0.1) is 9.19 Å². The molecule has 17 heteroatoms. The Hall–Kier alpha value is -5.39. The van der Waals surface area contributed by atoms with Crippen LogP contribution in [-0.2, 0) is 29.7 Å². The Bertz CT molecular complexity index is 2110. The highest BCUT2D eigenvalue weighted by Crippen LogP contribution is 2.26. The number of nitrogens with zero attached hydrogens (tertiary/aromatic N) is 10. The van der Waals surface area contributed by atoms with Crippen molar-refractivity contribution in [2.45, 2.75) is 31.0 Å². The van der Waals surface area contributed by atoms with E-state index in [2.05, 4.69) is 57.7 Å². The Labute approximate surface area is 276 Å². The van der Waals surface area contributed by atoms with Gasteiger partial charge in [-0.1, -0.05) is 12.1 Å². The number of carbonyl (C=O) groups excluding carboxylic acids is 1. The van der Waals surface area contributed by atoms with Crippen molar-refractivity contribution < 1.29 is 13.2 Å². The van der Waals surface area contributed by atoms with Crippen molar-refractivity contribution in [1.29, 1.82) is 0 Å². The number of H-pyrrole nitrogens is 1. The summed E-state index contributed by atoms with van der Waals surface area (Å²) in [4.78, 5) is 30.8. The third kappa shape index (κ3) is 6.69. The minimum atomic E-state index is -3.77. The summed E-state index contributed by atoms with van der Waals surface area (Å²) in [6.07, 6.45) is 11.3. The first-order valence-electron chi connectivity index (χ1n) is 15.5. The zero-order valence-corrected chi connectivity index (χ0v) is 27.1. The summed E-state index contributed by atoms with van der Waals surface area (Å²) in [5.74, 6) is 0.211. The molecule has 48 heavy (non-hydrogen) atoms. The van der Waals surface area contributed by atoms with Gasteiger partial charge in [-0.25, -0.2) is 15.0 Å². The SMILES string of the molecule is CN1CCN(Cc2ccc(NC(=O)c3[nH]ncc3Nc3ncnc4c3ccn4CCCn3ccc(S(=O)(=O)n4cncn4)c3)cc2)CC1. The van der Waals surface area contributed by atoms with Gasteiger partial charge in [-0.05, 0) is 43.3 Å². The predicted molar refractivity (Wildman–Crippen MR) is 178 cm³/mol. The second-order valence-electron chi connectivity index (χ2n) is 11.7. The van der Waals surface area contributed by atoms with Crippen LogP contribution in [0.5, 0.6) is 0 Å². The number of anilines is 3. The summed E-state index contributed by atoms with van der Waals surface area (Å²) >= 11 is 0. The van der Waals surface area contributed by atoms with Crippen LogP contribution in [0.25, 0.3) is 11.0 Å². The molecule has 0 atom stereocenters. The lowest BCUT2D eigenvalue weighted by atomic mass is 10.1. The maximum atomic E-state index is 13.2. The van der Waals surface area contributed by atoms with Gasteiger partial charge >= 0.3 is 0 Å². The quantitative estimate of drug-likeness (QED) is 0.175. The molecule has 0 radical (unpaired) electrons. The van der Waals surface area contributed by atoms with Crippen LogP contribution in [0.4, 0.5) is 17.2 Å². The second-order valence-corrected chi connectivity index (χ2v) is 13.5. The number of aromatic amines is 1. The molecule has 6 heterocycles. The fourth-order valence-corrected chi connectivity index (χ4v) is 6.74. The van der Waals surface area contributed by atoms with Crippen molar-refractivity contribution in [3.05, 3.63) is 91.4 Å². The molecule has 0 bridgehead atoms. The molecular weight excluding hydrogens is 634 g/mol. The van der Waals surface area contributed by atoms with Gasteiger partial charge in [0.05, 0.1) is 17.3 Å². The molecule has 0 saturated carbocycles. The van der Waals surface area contributed by atoms with Gasteiger partial charge < -0.3 is 24.7 Å². The van der Waals surface area contributed by atoms with E-state index in [1.54, 1.807) is 24.7 Å². The number of likely N-dealkylation sites (N-methyl/N-ethyl adjacent to an activating group) is 1. The Kier molecular flexibility index (Phi) is 8.70. The van der Waals surface area contributed by atoms with Crippen molar-refractivity contribution in [2.24, 2.45) is 0 Å². The number of carbonyl (C=O) groups is 1. The van der Waals surface area contributed by atoms with Crippen LogP contribution >= 0.6 is 0 Å². The fraction of sp³-hybridized carbons (Fsp3) is 0.290. The zero-order chi connectivity index (χ0) is 33.1. The van der Waals surface area contributed by atoms with E-state index in [0.29, 0.717) is 30.3 Å². The van der Waals surface area contributed by atoms with Crippen LogP contribution in [0.15, 0.2) is 85.1 Å². The van der Waals surface area contributed by atoms with E-state index in [-0.39, 0.29) is 16.5 Å². The van der Waals surface area contributed by atoms with E-state index >= 15 is 0 Å². The molecule has 0 aliphatic carbocycles. The minimum Gasteiger partial charge on any atom is -0.353 e. The summed E-state index contributed by atoms with van der Waals surface area (Å²) in [7, 11) is -1.62. The molecule has 1 amide bonds. The maximum absolute atomic E-state index is 13.2. The minimum absolute atomic E-state index is 0.143. The number of hydrogen-bond donors (Lipinski definition) is 3. The first-order valence-corrected chi connectivity index (χ1v) is 16.9. The van der Waals surface area contributed by atoms with Crippen LogP contribution in [0.3, 0.4) is 0 Å². The lowest BCUT2D eigenvalue weighted by Gasteiger charge is -2.32. The van der Waals surface area contributed by atoms with Crippen molar-refractivity contribution >= 4 is 44.2 Å². The van der Waals surface area contributed by atoms with Gasteiger partial charge in [0.2, 0.25) is 0 Å². The third-order valence-electron chi connectivity index (χ3n) is 8.37. The Morgan fingerprint density at radius 2 is 1.81 bits per heavy atom. The molecular formula is C31H35N13O3S.